The molecule has 0 amide bonds. The van der Waals surface area contributed by atoms with Gasteiger partial charge in [-0.25, -0.2) is 4.98 Å². The van der Waals surface area contributed by atoms with Crippen LogP contribution >= 0.6 is 0 Å². The van der Waals surface area contributed by atoms with E-state index in [-0.39, 0.29) is 35.1 Å². The summed E-state index contributed by atoms with van der Waals surface area (Å²) >= 11 is 0. The molecule has 11 heteroatoms. The lowest BCUT2D eigenvalue weighted by Crippen LogP contribution is -2.60. The molecule has 1 aliphatic heterocycles. The molecule has 1 saturated heterocycles. The summed E-state index contributed by atoms with van der Waals surface area (Å²) in [5, 5.41) is 9.42. The number of benzene rings is 1. The Bertz CT molecular complexity index is 1400. The molecule has 202 valence electrons. The number of ether oxygens (including phenoxy) is 1. The van der Waals surface area contributed by atoms with Gasteiger partial charge < -0.3 is 19.1 Å². The highest BCUT2D eigenvalue weighted by atomic mass is 19.4. The number of alkyl halides is 3. The summed E-state index contributed by atoms with van der Waals surface area (Å²) in [7, 11) is 5.66. The third kappa shape index (κ3) is 5.76. The number of nitrogens with zero attached hydrogens (tertiary/aromatic N) is 6. The number of hydrogen-bond acceptors (Lipinski definition) is 7. The molecule has 0 N–H and O–H groups in total. The maximum Gasteiger partial charge on any atom is 0.573 e. The van der Waals surface area contributed by atoms with Crippen LogP contribution in [0.4, 0.5) is 18.9 Å². The Morgan fingerprint density at radius 3 is 2.47 bits per heavy atom. The van der Waals surface area contributed by atoms with Crippen LogP contribution in [0.15, 0.2) is 47.3 Å². The van der Waals surface area contributed by atoms with Crippen molar-refractivity contribution >= 4 is 16.7 Å². The van der Waals surface area contributed by atoms with Crippen molar-refractivity contribution in [2.45, 2.75) is 38.3 Å². The van der Waals surface area contributed by atoms with Crippen molar-refractivity contribution in [1.29, 1.82) is 5.26 Å². The Morgan fingerprint density at radius 1 is 1.18 bits per heavy atom. The second kappa shape index (κ2) is 10.6. The van der Waals surface area contributed by atoms with Crippen LogP contribution in [0.25, 0.3) is 11.0 Å². The standard InChI is InChI=1S/C27H31F3N6O2/c1-17-14-36(18(2)19-6-9-22(10-7-19)38-27(28,29)30)21(15-33(3)4)16-35(17)24-12-25(37)34(5)23-11-8-20(13-31)32-26(23)24/h6-12,17-18,21H,14-16H2,1-5H3/t17-,18?,21+/m0/s1. The van der Waals surface area contributed by atoms with E-state index in [0.717, 1.165) is 12.1 Å². The van der Waals surface area contributed by atoms with E-state index < -0.39 is 6.36 Å². The highest BCUT2D eigenvalue weighted by molar-refractivity contribution is 5.89. The zero-order valence-corrected chi connectivity index (χ0v) is 22.0. The van der Waals surface area contributed by atoms with E-state index in [2.05, 4.69) is 37.4 Å². The minimum absolute atomic E-state index is 0.00783. The quantitative estimate of drug-likeness (QED) is 0.480. The molecule has 1 aliphatic rings. The molecule has 1 aromatic carbocycles. The lowest BCUT2D eigenvalue weighted by molar-refractivity contribution is -0.274. The number of fused-ring (bicyclic) bond motifs is 1. The second-order valence-corrected chi connectivity index (χ2v) is 10.0. The van der Waals surface area contributed by atoms with Gasteiger partial charge in [0.2, 0.25) is 0 Å². The lowest BCUT2D eigenvalue weighted by atomic mass is 9.99. The molecule has 0 radical (unpaired) electrons. The zero-order valence-electron chi connectivity index (χ0n) is 22.0. The summed E-state index contributed by atoms with van der Waals surface area (Å²) in [6.07, 6.45) is -4.73. The van der Waals surface area contributed by atoms with E-state index in [0.29, 0.717) is 29.8 Å². The Morgan fingerprint density at radius 2 is 1.87 bits per heavy atom. The predicted molar refractivity (Wildman–Crippen MR) is 139 cm³/mol. The average Bonchev–Trinajstić information content (AvgIpc) is 2.85. The maximum atomic E-state index is 12.8. The number of pyridine rings is 2. The molecule has 1 fully saturated rings. The van der Waals surface area contributed by atoms with Gasteiger partial charge in [0.1, 0.15) is 23.0 Å². The van der Waals surface area contributed by atoms with E-state index in [1.165, 1.54) is 16.7 Å². The smallest absolute Gasteiger partial charge is 0.406 e. The molecule has 0 bridgehead atoms. The van der Waals surface area contributed by atoms with Crippen molar-refractivity contribution in [3.8, 4) is 11.8 Å². The van der Waals surface area contributed by atoms with Crippen LogP contribution < -0.4 is 15.2 Å². The SMILES string of the molecule is CC(c1ccc(OC(F)(F)F)cc1)N1C[C@H](C)N(c2cc(=O)n(C)c3ccc(C#N)nc23)C[C@H]1CN(C)C. The third-order valence-corrected chi connectivity index (χ3v) is 7.05. The van der Waals surface area contributed by atoms with Crippen LogP contribution in [-0.2, 0) is 7.05 Å². The van der Waals surface area contributed by atoms with Crippen LogP contribution in [0.3, 0.4) is 0 Å². The number of piperazine rings is 1. The van der Waals surface area contributed by atoms with E-state index >= 15 is 0 Å². The number of anilines is 1. The van der Waals surface area contributed by atoms with Gasteiger partial charge in [-0.3, -0.25) is 9.69 Å². The van der Waals surface area contributed by atoms with Gasteiger partial charge >= 0.3 is 6.36 Å². The molecule has 3 heterocycles. The topological polar surface area (TPSA) is 77.6 Å². The Labute approximate surface area is 219 Å². The molecule has 2 aromatic heterocycles. The van der Waals surface area contributed by atoms with Crippen molar-refractivity contribution in [1.82, 2.24) is 19.4 Å². The van der Waals surface area contributed by atoms with Crippen LogP contribution in [0.5, 0.6) is 5.75 Å². The fourth-order valence-electron chi connectivity index (χ4n) is 5.19. The van der Waals surface area contributed by atoms with Gasteiger partial charge in [-0.2, -0.15) is 5.26 Å². The van der Waals surface area contributed by atoms with Crippen molar-refractivity contribution in [3.63, 3.8) is 0 Å². The minimum atomic E-state index is -4.73. The first-order valence-corrected chi connectivity index (χ1v) is 12.3. The predicted octanol–water partition coefficient (Wildman–Crippen LogP) is 3.91. The van der Waals surface area contributed by atoms with E-state index in [9.17, 15) is 23.2 Å². The van der Waals surface area contributed by atoms with Gasteiger partial charge in [-0.05, 0) is 57.8 Å². The molecular formula is C27H31F3N6O2. The Balaban J connectivity index is 1.67. The fourth-order valence-corrected chi connectivity index (χ4v) is 5.19. The number of aryl methyl sites for hydroxylation is 1. The maximum absolute atomic E-state index is 12.8. The van der Waals surface area contributed by atoms with E-state index in [1.807, 2.05) is 21.0 Å². The van der Waals surface area contributed by atoms with Crippen molar-refractivity contribution in [3.05, 3.63) is 64.1 Å². The monoisotopic (exact) mass is 528 g/mol. The number of likely N-dealkylation sites (N-methyl/N-ethyl adjacent to an activating group) is 1. The highest BCUT2D eigenvalue weighted by Gasteiger charge is 2.36. The molecule has 0 saturated carbocycles. The molecule has 38 heavy (non-hydrogen) atoms. The number of rotatable bonds is 6. The van der Waals surface area contributed by atoms with Gasteiger partial charge in [0.25, 0.3) is 5.56 Å². The molecule has 0 aliphatic carbocycles. The molecule has 1 unspecified atom stereocenters. The first-order chi connectivity index (χ1) is 17.9. The van der Waals surface area contributed by atoms with Crippen LogP contribution in [-0.4, -0.2) is 71.5 Å². The first-order valence-electron chi connectivity index (χ1n) is 12.3. The average molecular weight is 529 g/mol. The lowest BCUT2D eigenvalue weighted by Gasteiger charge is -2.49. The summed E-state index contributed by atoms with van der Waals surface area (Å²) in [6, 6.07) is 13.0. The minimum Gasteiger partial charge on any atom is -0.406 e. The second-order valence-electron chi connectivity index (χ2n) is 10.0. The highest BCUT2D eigenvalue weighted by Crippen LogP contribution is 2.33. The van der Waals surface area contributed by atoms with Crippen LogP contribution in [0, 0.1) is 11.3 Å². The molecule has 4 rings (SSSR count). The van der Waals surface area contributed by atoms with Crippen molar-refractivity contribution < 1.29 is 17.9 Å². The summed E-state index contributed by atoms with van der Waals surface area (Å²) < 4.78 is 43.3. The molecule has 8 nitrogen and oxygen atoms in total. The van der Waals surface area contributed by atoms with E-state index in [1.54, 1.807) is 37.4 Å². The summed E-state index contributed by atoms with van der Waals surface area (Å²) in [5.41, 5.74) is 2.94. The largest absolute Gasteiger partial charge is 0.573 e. The van der Waals surface area contributed by atoms with Gasteiger partial charge in [0, 0.05) is 50.9 Å². The molecule has 3 atom stereocenters. The summed E-state index contributed by atoms with van der Waals surface area (Å²) in [5.74, 6) is -0.252. The Kier molecular flexibility index (Phi) is 7.67. The van der Waals surface area contributed by atoms with Gasteiger partial charge in [0.05, 0.1) is 11.2 Å². The normalized spacial score (nSPS) is 19.5. The number of nitriles is 1. The summed E-state index contributed by atoms with van der Waals surface area (Å²) in [6.45, 7) is 6.08. The van der Waals surface area contributed by atoms with Gasteiger partial charge in [-0.1, -0.05) is 12.1 Å². The van der Waals surface area contributed by atoms with Gasteiger partial charge in [-0.15, -0.1) is 13.2 Å². The van der Waals surface area contributed by atoms with Crippen LogP contribution in [0.2, 0.25) is 0 Å². The third-order valence-electron chi connectivity index (χ3n) is 7.05. The molecular weight excluding hydrogens is 497 g/mol. The molecule has 3 aromatic rings. The number of halogens is 3. The van der Waals surface area contributed by atoms with Crippen molar-refractivity contribution in [2.75, 3.05) is 38.6 Å². The molecule has 0 spiro atoms. The van der Waals surface area contributed by atoms with Crippen LogP contribution in [0.1, 0.15) is 31.1 Å². The first kappa shape index (κ1) is 27.4. The van der Waals surface area contributed by atoms with E-state index in [4.69, 9.17) is 0 Å². The zero-order chi connectivity index (χ0) is 27.8. The van der Waals surface area contributed by atoms with Crippen molar-refractivity contribution in [2.24, 2.45) is 7.05 Å². The fraction of sp³-hybridized carbons (Fsp3) is 0.444. The number of aromatic nitrogens is 2. The Hall–Kier alpha value is -3.62. The number of hydrogen-bond donors (Lipinski definition) is 0. The van der Waals surface area contributed by atoms with Gasteiger partial charge in [0.15, 0.2) is 0 Å². The summed E-state index contributed by atoms with van der Waals surface area (Å²) in [4.78, 5) is 24.0.